The van der Waals surface area contributed by atoms with Crippen LogP contribution in [0.5, 0.6) is 0 Å². The Morgan fingerprint density at radius 2 is 1.85 bits per heavy atom. The zero-order valence-corrected chi connectivity index (χ0v) is 9.70. The van der Waals surface area contributed by atoms with Gasteiger partial charge in [0.1, 0.15) is 0 Å². The van der Waals surface area contributed by atoms with Gasteiger partial charge < -0.3 is 0 Å². The summed E-state index contributed by atoms with van der Waals surface area (Å²) >= 11 is 1.89. The van der Waals surface area contributed by atoms with Crippen molar-refractivity contribution in [3.05, 3.63) is 10.5 Å². The van der Waals surface area contributed by atoms with E-state index >= 15 is 0 Å². The molecule has 0 radical (unpaired) electrons. The summed E-state index contributed by atoms with van der Waals surface area (Å²) in [5.74, 6) is 0.643. The van der Waals surface area contributed by atoms with Crippen LogP contribution in [0.3, 0.4) is 0 Å². The number of carbonyl (C=O) groups is 1. The molecule has 0 fully saturated rings. The highest BCUT2D eigenvalue weighted by atomic mass is 32.2. The number of hydrogen-bond donors (Lipinski definition) is 0. The van der Waals surface area contributed by atoms with E-state index in [0.29, 0.717) is 11.0 Å². The number of rotatable bonds is 2. The largest absolute Gasteiger partial charge is 0.294 e. The first-order valence-corrected chi connectivity index (χ1v) is 5.88. The van der Waals surface area contributed by atoms with Crippen molar-refractivity contribution in [3.8, 4) is 0 Å². The van der Waals surface area contributed by atoms with Crippen LogP contribution >= 0.6 is 11.8 Å². The first-order chi connectivity index (χ1) is 6.11. The molecule has 2 atom stereocenters. The zero-order valence-electron chi connectivity index (χ0n) is 8.89. The lowest BCUT2D eigenvalue weighted by Gasteiger charge is -2.29. The molecule has 74 valence electrons. The molecule has 1 heterocycles. The average molecular weight is 198 g/mol. The lowest BCUT2D eigenvalue weighted by molar-refractivity contribution is -0.119. The summed E-state index contributed by atoms with van der Waals surface area (Å²) in [6.45, 7) is 8.30. The van der Waals surface area contributed by atoms with Gasteiger partial charge in [-0.25, -0.2) is 0 Å². The highest BCUT2D eigenvalue weighted by Gasteiger charge is 2.32. The fourth-order valence-electron chi connectivity index (χ4n) is 1.83. The summed E-state index contributed by atoms with van der Waals surface area (Å²) in [4.78, 5) is 13.1. The van der Waals surface area contributed by atoms with E-state index in [1.807, 2.05) is 18.7 Å². The van der Waals surface area contributed by atoms with Crippen molar-refractivity contribution in [3.63, 3.8) is 0 Å². The van der Waals surface area contributed by atoms with E-state index in [4.69, 9.17) is 0 Å². The number of allylic oxidation sites excluding steroid dienone is 2. The Labute approximate surface area is 85.0 Å². The van der Waals surface area contributed by atoms with Crippen molar-refractivity contribution in [1.29, 1.82) is 0 Å². The number of Topliss-reactive ketones (excluding diaryl/α,β-unsaturated/α-hetero) is 1. The average Bonchev–Trinajstić information content (AvgIpc) is 2.13. The maximum Gasteiger partial charge on any atom is 0.163 e. The Hall–Kier alpha value is -0.240. The third-order valence-corrected chi connectivity index (χ3v) is 4.48. The lowest BCUT2D eigenvalue weighted by atomic mass is 9.90. The molecular weight excluding hydrogens is 180 g/mol. The quantitative estimate of drug-likeness (QED) is 0.676. The van der Waals surface area contributed by atoms with Gasteiger partial charge in [0.15, 0.2) is 5.78 Å². The van der Waals surface area contributed by atoms with Crippen molar-refractivity contribution in [2.45, 2.75) is 45.8 Å². The van der Waals surface area contributed by atoms with Crippen molar-refractivity contribution < 1.29 is 4.79 Å². The van der Waals surface area contributed by atoms with Crippen LogP contribution in [0.2, 0.25) is 0 Å². The highest BCUT2D eigenvalue weighted by Crippen LogP contribution is 2.39. The number of thioether (sulfide) groups is 1. The Kier molecular flexibility index (Phi) is 3.60. The second-order valence-corrected chi connectivity index (χ2v) is 5.08. The van der Waals surface area contributed by atoms with E-state index in [0.717, 1.165) is 18.4 Å². The molecule has 1 aliphatic heterocycles. The Morgan fingerprint density at radius 3 is 2.31 bits per heavy atom. The second-order valence-electron chi connectivity index (χ2n) is 3.62. The molecule has 0 N–H and O–H groups in total. The summed E-state index contributed by atoms with van der Waals surface area (Å²) in [5, 5.41) is 0.515. The fourth-order valence-corrected chi connectivity index (χ4v) is 3.21. The SMILES string of the molecule is CCC1SC(C)=C(C)C(=O)C1CC. The number of carbonyl (C=O) groups excluding carboxylic acids is 1. The Morgan fingerprint density at radius 1 is 1.23 bits per heavy atom. The topological polar surface area (TPSA) is 17.1 Å². The molecule has 0 aromatic carbocycles. The summed E-state index contributed by atoms with van der Waals surface area (Å²) in [5.41, 5.74) is 0.988. The minimum atomic E-state index is 0.263. The predicted molar refractivity (Wildman–Crippen MR) is 58.8 cm³/mol. The van der Waals surface area contributed by atoms with Crippen molar-refractivity contribution in [1.82, 2.24) is 0 Å². The summed E-state index contributed by atoms with van der Waals surface area (Å²) in [6, 6.07) is 0. The molecular formula is C11H18OS. The molecule has 0 bridgehead atoms. The minimum absolute atomic E-state index is 0.263. The van der Waals surface area contributed by atoms with Gasteiger partial charge in [-0.05, 0) is 31.6 Å². The van der Waals surface area contributed by atoms with E-state index in [1.54, 1.807) is 0 Å². The number of ketones is 1. The highest BCUT2D eigenvalue weighted by molar-refractivity contribution is 8.03. The van der Waals surface area contributed by atoms with Crippen LogP contribution < -0.4 is 0 Å². The molecule has 1 nitrogen and oxygen atoms in total. The maximum absolute atomic E-state index is 11.9. The lowest BCUT2D eigenvalue weighted by Crippen LogP contribution is -2.29. The molecule has 1 aliphatic rings. The summed E-state index contributed by atoms with van der Waals surface area (Å²) in [6.07, 6.45) is 2.08. The van der Waals surface area contributed by atoms with Crippen LogP contribution in [0.25, 0.3) is 0 Å². The van der Waals surface area contributed by atoms with Crippen LogP contribution in [-0.4, -0.2) is 11.0 Å². The predicted octanol–water partition coefficient (Wildman–Crippen LogP) is 3.40. The summed E-state index contributed by atoms with van der Waals surface area (Å²) in [7, 11) is 0. The van der Waals surface area contributed by atoms with Gasteiger partial charge in [-0.15, -0.1) is 11.8 Å². The van der Waals surface area contributed by atoms with Crippen LogP contribution in [0.1, 0.15) is 40.5 Å². The smallest absolute Gasteiger partial charge is 0.163 e. The van der Waals surface area contributed by atoms with Gasteiger partial charge in [-0.1, -0.05) is 13.8 Å². The van der Waals surface area contributed by atoms with Gasteiger partial charge in [0, 0.05) is 16.7 Å². The van der Waals surface area contributed by atoms with Gasteiger partial charge >= 0.3 is 0 Å². The van der Waals surface area contributed by atoms with Crippen molar-refractivity contribution in [2.75, 3.05) is 0 Å². The van der Waals surface area contributed by atoms with Crippen molar-refractivity contribution >= 4 is 17.5 Å². The van der Waals surface area contributed by atoms with Crippen LogP contribution in [-0.2, 0) is 4.79 Å². The van der Waals surface area contributed by atoms with E-state index in [-0.39, 0.29) is 5.92 Å². The third-order valence-electron chi connectivity index (χ3n) is 2.85. The van der Waals surface area contributed by atoms with Gasteiger partial charge in [-0.3, -0.25) is 4.79 Å². The minimum Gasteiger partial charge on any atom is -0.294 e. The normalized spacial score (nSPS) is 29.7. The Bertz CT molecular complexity index is 242. The van der Waals surface area contributed by atoms with Gasteiger partial charge in [-0.2, -0.15) is 0 Å². The second kappa shape index (κ2) is 4.32. The zero-order chi connectivity index (χ0) is 10.0. The summed E-state index contributed by atoms with van der Waals surface area (Å²) < 4.78 is 0. The van der Waals surface area contributed by atoms with E-state index in [2.05, 4.69) is 20.8 Å². The van der Waals surface area contributed by atoms with Gasteiger partial charge in [0.25, 0.3) is 0 Å². The molecule has 0 aromatic heterocycles. The molecule has 0 amide bonds. The fraction of sp³-hybridized carbons (Fsp3) is 0.727. The molecule has 1 rings (SSSR count). The molecule has 2 unspecified atom stereocenters. The van der Waals surface area contributed by atoms with Gasteiger partial charge in [0.2, 0.25) is 0 Å². The molecule has 0 saturated heterocycles. The van der Waals surface area contributed by atoms with E-state index in [9.17, 15) is 4.79 Å². The van der Waals surface area contributed by atoms with E-state index in [1.165, 1.54) is 4.91 Å². The third kappa shape index (κ3) is 1.98. The molecule has 0 aromatic rings. The molecule has 13 heavy (non-hydrogen) atoms. The first-order valence-electron chi connectivity index (χ1n) is 5.00. The van der Waals surface area contributed by atoms with E-state index < -0.39 is 0 Å². The molecule has 0 spiro atoms. The van der Waals surface area contributed by atoms with Crippen LogP contribution in [0.15, 0.2) is 10.5 Å². The number of hydrogen-bond acceptors (Lipinski definition) is 2. The first kappa shape index (κ1) is 10.8. The van der Waals surface area contributed by atoms with Crippen LogP contribution in [0.4, 0.5) is 0 Å². The standard InChI is InChI=1S/C11H18OS/c1-5-9-10(6-2)13-8(4)7(3)11(9)12/h9-10H,5-6H2,1-4H3. The monoisotopic (exact) mass is 198 g/mol. The molecule has 2 heteroatoms. The molecule has 0 aliphatic carbocycles. The maximum atomic E-state index is 11.9. The van der Waals surface area contributed by atoms with Gasteiger partial charge in [0.05, 0.1) is 0 Å². The van der Waals surface area contributed by atoms with Crippen LogP contribution in [0, 0.1) is 5.92 Å². The molecule has 0 saturated carbocycles. The Balaban J connectivity index is 2.93. The van der Waals surface area contributed by atoms with Crippen molar-refractivity contribution in [2.24, 2.45) is 5.92 Å².